The van der Waals surface area contributed by atoms with Gasteiger partial charge < -0.3 is 8.83 Å². The molecule has 0 aliphatic carbocycles. The molecule has 0 aliphatic heterocycles. The predicted octanol–water partition coefficient (Wildman–Crippen LogP) is 17.0. The summed E-state index contributed by atoms with van der Waals surface area (Å²) in [5.74, 6) is 3.45. The quantitative estimate of drug-likeness (QED) is 0.143. The van der Waals surface area contributed by atoms with Crippen LogP contribution in [0.5, 0.6) is 0 Å². The smallest absolute Gasteiger partial charge is 0.159 e. The fourth-order valence-electron chi connectivity index (χ4n) is 11.4. The highest BCUT2D eigenvalue weighted by Crippen LogP contribution is 2.44. The van der Waals surface area contributed by atoms with Crippen LogP contribution in [0.15, 0.2) is 191 Å². The molecule has 78 heavy (non-hydrogen) atoms. The van der Waals surface area contributed by atoms with Crippen LogP contribution in [0.2, 0.25) is 0 Å². The van der Waals surface area contributed by atoms with Gasteiger partial charge in [-0.15, -0.1) is 0 Å². The highest BCUT2D eigenvalue weighted by atomic mass is 16.3. The van der Waals surface area contributed by atoms with E-state index < -0.39 is 0 Å². The number of nitrogens with zero attached hydrogens (tertiary/aromatic N) is 8. The van der Waals surface area contributed by atoms with Crippen molar-refractivity contribution in [1.29, 1.82) is 0 Å². The summed E-state index contributed by atoms with van der Waals surface area (Å²) in [5, 5.41) is 3.96. The lowest BCUT2D eigenvalue weighted by molar-refractivity contribution is 0.664. The lowest BCUT2D eigenvalue weighted by Gasteiger charge is -2.16. The molecule has 10 heteroatoms. The number of aryl methyl sites for hydroxylation is 4. The van der Waals surface area contributed by atoms with Crippen molar-refractivity contribution in [2.45, 2.75) is 55.4 Å². The maximum atomic E-state index is 7.05. The maximum Gasteiger partial charge on any atom is 0.159 e. The number of benzene rings is 8. The fourth-order valence-corrected chi connectivity index (χ4v) is 11.4. The molecule has 0 amide bonds. The van der Waals surface area contributed by atoms with Crippen molar-refractivity contribution >= 4 is 43.9 Å². The van der Waals surface area contributed by atoms with E-state index in [0.717, 1.165) is 169 Å². The van der Waals surface area contributed by atoms with Gasteiger partial charge in [-0.3, -0.25) is 18.3 Å². The molecular weight excluding hydrogens is 961 g/mol. The Kier molecular flexibility index (Phi) is 10.7. The molecule has 0 N–H and O–H groups in total. The van der Waals surface area contributed by atoms with Crippen molar-refractivity contribution in [2.24, 2.45) is 0 Å². The monoisotopic (exact) mass is 1010 g/mol. The third-order valence-corrected chi connectivity index (χ3v) is 15.9. The molecular formula is C68H54N8O2. The minimum Gasteiger partial charge on any atom is -0.454 e. The largest absolute Gasteiger partial charge is 0.454 e. The average Bonchev–Trinajstić information content (AvgIpc) is 4.50. The number of hydrogen-bond acceptors (Lipinski definition) is 6. The molecule has 0 atom stereocenters. The highest BCUT2D eigenvalue weighted by molar-refractivity contribution is 6.12. The average molecular weight is 1020 g/mol. The molecule has 0 fully saturated rings. The molecule has 0 bridgehead atoms. The van der Waals surface area contributed by atoms with Crippen LogP contribution in [0, 0.1) is 55.4 Å². The molecule has 10 nitrogen and oxygen atoms in total. The van der Waals surface area contributed by atoms with Gasteiger partial charge in [-0.2, -0.15) is 0 Å². The summed E-state index contributed by atoms with van der Waals surface area (Å²) >= 11 is 0. The Hall–Kier alpha value is -9.80. The molecule has 0 saturated heterocycles. The van der Waals surface area contributed by atoms with E-state index in [0.29, 0.717) is 0 Å². The molecule has 0 saturated carbocycles. The van der Waals surface area contributed by atoms with Crippen LogP contribution in [0.4, 0.5) is 0 Å². The van der Waals surface area contributed by atoms with Gasteiger partial charge in [0.2, 0.25) is 0 Å². The van der Waals surface area contributed by atoms with Crippen LogP contribution in [0.3, 0.4) is 0 Å². The van der Waals surface area contributed by atoms with Crippen LogP contribution in [-0.2, 0) is 0 Å². The summed E-state index contributed by atoms with van der Waals surface area (Å²) in [6.07, 6.45) is 0. The van der Waals surface area contributed by atoms with Crippen molar-refractivity contribution < 1.29 is 8.83 Å². The molecule has 378 valence electrons. The van der Waals surface area contributed by atoms with Crippen molar-refractivity contribution in [3.8, 4) is 79.4 Å². The Morgan fingerprint density at radius 2 is 0.577 bits per heavy atom. The second-order valence-corrected chi connectivity index (χ2v) is 20.5. The number of furan rings is 2. The molecule has 8 aromatic carbocycles. The summed E-state index contributed by atoms with van der Waals surface area (Å²) in [6.45, 7) is 16.9. The number of fused-ring (bicyclic) bond motifs is 6. The van der Waals surface area contributed by atoms with Crippen LogP contribution >= 0.6 is 0 Å². The molecule has 0 unspecified atom stereocenters. The first-order chi connectivity index (χ1) is 38.0. The third-order valence-electron chi connectivity index (χ3n) is 15.9. The van der Waals surface area contributed by atoms with E-state index in [1.807, 2.05) is 24.3 Å². The van der Waals surface area contributed by atoms with Gasteiger partial charge in [-0.1, -0.05) is 133 Å². The zero-order chi connectivity index (χ0) is 53.1. The van der Waals surface area contributed by atoms with Crippen molar-refractivity contribution in [3.05, 3.63) is 228 Å². The van der Waals surface area contributed by atoms with Gasteiger partial charge in [0.25, 0.3) is 0 Å². The fraction of sp³-hybridized carbons (Fsp3) is 0.118. The maximum absolute atomic E-state index is 7.05. The minimum atomic E-state index is 0.774. The summed E-state index contributed by atoms with van der Waals surface area (Å²) in [6, 6.07) is 63.7. The van der Waals surface area contributed by atoms with E-state index in [1.54, 1.807) is 0 Å². The Labute approximate surface area is 451 Å². The van der Waals surface area contributed by atoms with E-state index in [1.165, 1.54) is 0 Å². The third kappa shape index (κ3) is 7.31. The molecule has 14 rings (SSSR count). The number of hydrogen-bond donors (Lipinski definition) is 0. The molecule has 0 aliphatic rings. The Balaban J connectivity index is 1.00. The summed E-state index contributed by atoms with van der Waals surface area (Å²) < 4.78 is 23.2. The van der Waals surface area contributed by atoms with Crippen LogP contribution < -0.4 is 0 Å². The summed E-state index contributed by atoms with van der Waals surface area (Å²) in [4.78, 5) is 20.7. The first-order valence-electron chi connectivity index (χ1n) is 26.5. The van der Waals surface area contributed by atoms with Gasteiger partial charge in [0.15, 0.2) is 11.2 Å². The molecule has 0 radical (unpaired) electrons. The lowest BCUT2D eigenvalue weighted by atomic mass is 10.00. The van der Waals surface area contributed by atoms with Gasteiger partial charge in [-0.25, -0.2) is 19.9 Å². The van der Waals surface area contributed by atoms with Crippen molar-refractivity contribution in [3.63, 3.8) is 0 Å². The van der Waals surface area contributed by atoms with E-state index >= 15 is 0 Å². The van der Waals surface area contributed by atoms with Crippen LogP contribution in [0.25, 0.3) is 123 Å². The van der Waals surface area contributed by atoms with Gasteiger partial charge in [-0.05, 0) is 115 Å². The van der Waals surface area contributed by atoms with Gasteiger partial charge >= 0.3 is 0 Å². The van der Waals surface area contributed by atoms with E-state index in [2.05, 4.69) is 231 Å². The van der Waals surface area contributed by atoms with Gasteiger partial charge in [0, 0.05) is 66.6 Å². The normalized spacial score (nSPS) is 11.8. The second-order valence-electron chi connectivity index (χ2n) is 20.5. The van der Waals surface area contributed by atoms with Crippen molar-refractivity contribution in [1.82, 2.24) is 38.2 Å². The van der Waals surface area contributed by atoms with Gasteiger partial charge in [0.05, 0.1) is 45.5 Å². The predicted molar refractivity (Wildman–Crippen MR) is 315 cm³/mol. The summed E-state index contributed by atoms with van der Waals surface area (Å²) in [5.41, 5.74) is 21.1. The Bertz CT molecular complexity index is 4380. The zero-order valence-corrected chi connectivity index (χ0v) is 44.7. The Morgan fingerprint density at radius 3 is 0.897 bits per heavy atom. The molecule has 6 aromatic heterocycles. The summed E-state index contributed by atoms with van der Waals surface area (Å²) in [7, 11) is 0. The number of rotatable bonds is 9. The van der Waals surface area contributed by atoms with Crippen LogP contribution in [0.1, 0.15) is 45.6 Å². The van der Waals surface area contributed by atoms with E-state index in [-0.39, 0.29) is 0 Å². The zero-order valence-electron chi connectivity index (χ0n) is 44.7. The SMILES string of the molecule is Cc1nc(-c2ccccc2)n(-c2cc(-n3c(-c4ccccc4)nc(C)c3C)c3oc4ccc(-c5ccc6oc7c(-n8c(-c9ccccc9)nc(C)c8C)cc(-n8c(-c9ccccc9)nc(C)c8C)cc7c6c5)cc4c3c2)c1C. The molecule has 14 aromatic rings. The lowest BCUT2D eigenvalue weighted by Crippen LogP contribution is -2.05. The second kappa shape index (κ2) is 17.9. The molecule has 6 heterocycles. The van der Waals surface area contributed by atoms with Gasteiger partial charge in [0.1, 0.15) is 34.5 Å². The molecule has 0 spiro atoms. The van der Waals surface area contributed by atoms with Crippen LogP contribution in [-0.4, -0.2) is 38.2 Å². The first-order valence-corrected chi connectivity index (χ1v) is 26.5. The first kappa shape index (κ1) is 46.7. The van der Waals surface area contributed by atoms with E-state index in [9.17, 15) is 0 Å². The Morgan fingerprint density at radius 1 is 0.282 bits per heavy atom. The minimum absolute atomic E-state index is 0.774. The van der Waals surface area contributed by atoms with Crippen molar-refractivity contribution in [2.75, 3.05) is 0 Å². The highest BCUT2D eigenvalue weighted by Gasteiger charge is 2.26. The van der Waals surface area contributed by atoms with E-state index in [4.69, 9.17) is 28.8 Å². The number of imidazole rings is 4. The standard InChI is InChI=1S/C68H54N8O2/c1-39-43(5)73(65(69-39)47-21-13-9-14-22-47)53-35-57-55-33-51(29-31-61(55)77-63(57)59(37-53)75-45(7)41(3)71-67(75)49-25-17-11-18-26-49)52-30-32-62-56(34-52)58-36-54(74-44(6)40(2)70-66(74)48-23-15-10-16-24-48)38-60(64(58)78-62)76-46(8)42(4)72-68(76)50-27-19-12-20-28-50/h9-38H,1-8H3. The number of aromatic nitrogens is 8. The topological polar surface area (TPSA) is 97.6 Å².